The minimum absolute atomic E-state index is 0.122. The van der Waals surface area contributed by atoms with Crippen molar-refractivity contribution >= 4 is 28.9 Å². The molecule has 0 bridgehead atoms. The third-order valence-corrected chi connectivity index (χ3v) is 8.69. The van der Waals surface area contributed by atoms with E-state index >= 15 is 0 Å². The number of nitrogen functional groups attached to an aromatic ring is 1. The Balaban J connectivity index is 1.18. The summed E-state index contributed by atoms with van der Waals surface area (Å²) in [7, 11) is 0. The zero-order valence-electron chi connectivity index (χ0n) is 25.2. The third-order valence-electron chi connectivity index (χ3n) is 8.69. The van der Waals surface area contributed by atoms with Gasteiger partial charge in [-0.25, -0.2) is 19.7 Å². The number of aliphatic hydroxyl groups is 1. The topological polar surface area (TPSA) is 147 Å². The molecule has 2 saturated heterocycles. The zero-order chi connectivity index (χ0) is 31.8. The number of piperazine rings is 1. The Bertz CT molecular complexity index is 1940. The maximum atomic E-state index is 13.3. The summed E-state index contributed by atoms with van der Waals surface area (Å²) in [5.74, 6) is 0.772. The van der Waals surface area contributed by atoms with Crippen molar-refractivity contribution in [3.8, 4) is 28.3 Å². The highest BCUT2D eigenvalue weighted by Gasteiger charge is 2.42. The Morgan fingerprint density at radius 2 is 1.65 bits per heavy atom. The second-order valence-electron chi connectivity index (χ2n) is 11.5. The largest absolute Gasteiger partial charge is 0.383 e. The van der Waals surface area contributed by atoms with Crippen LogP contribution in [0, 0.1) is 0 Å². The van der Waals surface area contributed by atoms with Crippen LogP contribution in [0.4, 0.5) is 10.6 Å². The van der Waals surface area contributed by atoms with E-state index in [1.54, 1.807) is 33.2 Å². The van der Waals surface area contributed by atoms with Crippen LogP contribution in [0.15, 0.2) is 91.8 Å². The molecule has 2 fully saturated rings. The Morgan fingerprint density at radius 3 is 2.37 bits per heavy atom. The number of pyridine rings is 3. The standard InChI is InChI=1S/C34H33N9O3/c1-2-29(44)40-17-19-41(20-18-40)33(45)42-16-14-34(46,22-42)28-13-10-24(21-37-28)43-31(25-9-6-15-36-30(25)35)39-27-12-11-26(38-32(27)43)23-7-4-3-5-8-23/h2-13,15,21,46H,1,14,16-20,22H2,(H2,35,36). The van der Waals surface area contributed by atoms with Gasteiger partial charge in [-0.2, -0.15) is 0 Å². The minimum Gasteiger partial charge on any atom is -0.383 e. The van der Waals surface area contributed by atoms with Crippen molar-refractivity contribution in [2.75, 3.05) is 45.0 Å². The van der Waals surface area contributed by atoms with E-state index < -0.39 is 5.60 Å². The monoisotopic (exact) mass is 615 g/mol. The number of hydrogen-bond donors (Lipinski definition) is 2. The predicted octanol–water partition coefficient (Wildman–Crippen LogP) is 3.47. The highest BCUT2D eigenvalue weighted by Crippen LogP contribution is 2.34. The molecule has 2 aliphatic heterocycles. The fraction of sp³-hybridized carbons (Fsp3) is 0.235. The van der Waals surface area contributed by atoms with E-state index in [0.29, 0.717) is 78.9 Å². The highest BCUT2D eigenvalue weighted by molar-refractivity contribution is 5.87. The average molecular weight is 616 g/mol. The summed E-state index contributed by atoms with van der Waals surface area (Å²) in [4.78, 5) is 49.1. The number of likely N-dealkylation sites (tertiary alicyclic amines) is 1. The van der Waals surface area contributed by atoms with Crippen molar-refractivity contribution in [2.45, 2.75) is 12.0 Å². The van der Waals surface area contributed by atoms with E-state index in [2.05, 4.69) is 11.6 Å². The van der Waals surface area contributed by atoms with Crippen LogP contribution in [0.2, 0.25) is 0 Å². The van der Waals surface area contributed by atoms with Crippen LogP contribution in [0.3, 0.4) is 0 Å². The molecule has 3 N–H and O–H groups in total. The molecule has 7 rings (SSSR count). The lowest BCUT2D eigenvalue weighted by Gasteiger charge is -2.36. The van der Waals surface area contributed by atoms with Gasteiger partial charge in [0.1, 0.15) is 16.9 Å². The third kappa shape index (κ3) is 5.22. The molecule has 5 aromatic rings. The van der Waals surface area contributed by atoms with Crippen molar-refractivity contribution in [2.24, 2.45) is 0 Å². The van der Waals surface area contributed by atoms with E-state index in [4.69, 9.17) is 20.7 Å². The summed E-state index contributed by atoms with van der Waals surface area (Å²) in [6.45, 7) is 5.83. The molecule has 4 aromatic heterocycles. The van der Waals surface area contributed by atoms with Crippen molar-refractivity contribution in [1.82, 2.24) is 39.2 Å². The molecular weight excluding hydrogens is 582 g/mol. The second kappa shape index (κ2) is 11.7. The molecule has 0 radical (unpaired) electrons. The molecule has 1 unspecified atom stereocenters. The normalized spacial score (nSPS) is 18.2. The molecule has 12 nitrogen and oxygen atoms in total. The van der Waals surface area contributed by atoms with E-state index in [1.807, 2.05) is 65.2 Å². The lowest BCUT2D eigenvalue weighted by atomic mass is 9.98. The average Bonchev–Trinajstić information content (AvgIpc) is 3.69. The van der Waals surface area contributed by atoms with Crippen LogP contribution in [0.1, 0.15) is 12.1 Å². The number of rotatable bonds is 5. The minimum atomic E-state index is -1.30. The molecule has 0 aliphatic carbocycles. The van der Waals surface area contributed by atoms with Crippen LogP contribution in [0.5, 0.6) is 0 Å². The zero-order valence-corrected chi connectivity index (χ0v) is 25.2. The molecule has 1 atom stereocenters. The first kappa shape index (κ1) is 29.1. The van der Waals surface area contributed by atoms with Crippen LogP contribution < -0.4 is 5.73 Å². The van der Waals surface area contributed by atoms with Gasteiger partial charge in [0.15, 0.2) is 11.5 Å². The number of hydrogen-bond acceptors (Lipinski definition) is 8. The first-order valence-corrected chi connectivity index (χ1v) is 15.1. The van der Waals surface area contributed by atoms with Gasteiger partial charge in [-0.3, -0.25) is 14.3 Å². The van der Waals surface area contributed by atoms with Gasteiger partial charge < -0.3 is 25.5 Å². The van der Waals surface area contributed by atoms with Gasteiger partial charge in [-0.1, -0.05) is 36.9 Å². The number of carbonyl (C=O) groups is 2. The number of anilines is 1. The summed E-state index contributed by atoms with van der Waals surface area (Å²) in [5.41, 5.74) is 9.88. The molecular formula is C34H33N9O3. The fourth-order valence-electron chi connectivity index (χ4n) is 6.17. The Hall–Kier alpha value is -5.62. The molecule has 46 heavy (non-hydrogen) atoms. The van der Waals surface area contributed by atoms with Gasteiger partial charge in [-0.05, 0) is 42.5 Å². The predicted molar refractivity (Wildman–Crippen MR) is 174 cm³/mol. The van der Waals surface area contributed by atoms with E-state index in [0.717, 1.165) is 11.3 Å². The van der Waals surface area contributed by atoms with Gasteiger partial charge in [0.2, 0.25) is 5.91 Å². The number of urea groups is 1. The van der Waals surface area contributed by atoms with Crippen molar-refractivity contribution < 1.29 is 14.7 Å². The number of nitrogens with zero attached hydrogens (tertiary/aromatic N) is 8. The molecule has 0 spiro atoms. The van der Waals surface area contributed by atoms with E-state index in [-0.39, 0.29) is 18.5 Å². The maximum absolute atomic E-state index is 13.3. The fourth-order valence-corrected chi connectivity index (χ4v) is 6.17. The van der Waals surface area contributed by atoms with Gasteiger partial charge in [-0.15, -0.1) is 0 Å². The SMILES string of the molecule is C=CC(=O)N1CCN(C(=O)N2CCC(O)(c3ccc(-n4c(-c5cccnc5N)nc5ccc(-c6ccccc6)nc54)cn3)C2)CC1. The van der Waals surface area contributed by atoms with Gasteiger partial charge in [0, 0.05) is 50.9 Å². The Kier molecular flexibility index (Phi) is 7.41. The van der Waals surface area contributed by atoms with Crippen LogP contribution >= 0.6 is 0 Å². The van der Waals surface area contributed by atoms with Gasteiger partial charge >= 0.3 is 6.03 Å². The summed E-state index contributed by atoms with van der Waals surface area (Å²) < 4.78 is 1.90. The van der Waals surface area contributed by atoms with Crippen molar-refractivity contribution in [3.63, 3.8) is 0 Å². The quantitative estimate of drug-likeness (QED) is 0.286. The van der Waals surface area contributed by atoms with Crippen LogP contribution in [-0.4, -0.2) is 95.5 Å². The van der Waals surface area contributed by atoms with Crippen LogP contribution in [0.25, 0.3) is 39.5 Å². The molecule has 2 aliphatic rings. The number of amides is 3. The molecule has 12 heteroatoms. The molecule has 3 amide bonds. The van der Waals surface area contributed by atoms with E-state index in [1.165, 1.54) is 6.08 Å². The lowest BCUT2D eigenvalue weighted by Crippen LogP contribution is -2.53. The van der Waals surface area contributed by atoms with Crippen LogP contribution in [-0.2, 0) is 10.4 Å². The summed E-state index contributed by atoms with van der Waals surface area (Å²) in [5, 5.41) is 11.7. The first-order chi connectivity index (χ1) is 22.3. The molecule has 0 saturated carbocycles. The Labute approximate surface area is 265 Å². The lowest BCUT2D eigenvalue weighted by molar-refractivity contribution is -0.127. The van der Waals surface area contributed by atoms with Crippen molar-refractivity contribution in [3.05, 3.63) is 97.5 Å². The number of nitrogens with two attached hydrogens (primary N) is 1. The maximum Gasteiger partial charge on any atom is 0.320 e. The molecule has 6 heterocycles. The highest BCUT2D eigenvalue weighted by atomic mass is 16.3. The number of imidazole rings is 1. The Morgan fingerprint density at radius 1 is 0.870 bits per heavy atom. The summed E-state index contributed by atoms with van der Waals surface area (Å²) in [6.07, 6.45) is 4.96. The van der Waals surface area contributed by atoms with E-state index in [9.17, 15) is 14.7 Å². The summed E-state index contributed by atoms with van der Waals surface area (Å²) >= 11 is 0. The smallest absolute Gasteiger partial charge is 0.320 e. The molecule has 1 aromatic carbocycles. The number of fused-ring (bicyclic) bond motifs is 1. The second-order valence-corrected chi connectivity index (χ2v) is 11.5. The number of benzene rings is 1. The molecule has 232 valence electrons. The van der Waals surface area contributed by atoms with Crippen molar-refractivity contribution in [1.29, 1.82) is 0 Å². The number of aromatic nitrogens is 5. The first-order valence-electron chi connectivity index (χ1n) is 15.1. The van der Waals surface area contributed by atoms with Gasteiger partial charge in [0.25, 0.3) is 0 Å². The number of carbonyl (C=O) groups excluding carboxylic acids is 2. The summed E-state index contributed by atoms with van der Waals surface area (Å²) in [6, 6.07) is 21.0. The number of β-amino-alcohol motifs (C(OH)–C–C–N with tert-alkyl or cyclic N) is 1. The van der Waals surface area contributed by atoms with Gasteiger partial charge in [0.05, 0.1) is 35.4 Å².